The number of rotatable bonds is 4. The van der Waals surface area contributed by atoms with Crippen LogP contribution >= 0.6 is 11.3 Å². The molecule has 0 saturated heterocycles. The quantitative estimate of drug-likeness (QED) is 0.685. The van der Waals surface area contributed by atoms with E-state index in [1.54, 1.807) is 17.5 Å². The van der Waals surface area contributed by atoms with Crippen molar-refractivity contribution < 1.29 is 41.0 Å². The van der Waals surface area contributed by atoms with Gasteiger partial charge in [-0.2, -0.15) is 26.3 Å². The van der Waals surface area contributed by atoms with Crippen molar-refractivity contribution in [2.45, 2.75) is 24.4 Å². The van der Waals surface area contributed by atoms with E-state index < -0.39 is 30.5 Å². The van der Waals surface area contributed by atoms with Gasteiger partial charge in [0.2, 0.25) is 0 Å². The van der Waals surface area contributed by atoms with Crippen LogP contribution in [0.4, 0.5) is 26.3 Å². The maximum absolute atomic E-state index is 12.3. The van der Waals surface area contributed by atoms with Gasteiger partial charge in [-0.1, -0.05) is 6.07 Å². The fourth-order valence-electron chi connectivity index (χ4n) is 1.20. The van der Waals surface area contributed by atoms with Gasteiger partial charge in [0.1, 0.15) is 0 Å². The molecule has 0 unspecified atom stereocenters. The minimum atomic E-state index is -6.22. The average Bonchev–Trinajstić information content (AvgIpc) is 2.77. The molecule has 10 heteroatoms. The van der Waals surface area contributed by atoms with Crippen molar-refractivity contribution in [3.8, 4) is 0 Å². The Morgan fingerprint density at radius 1 is 1.20 bits per heavy atom. The van der Waals surface area contributed by atoms with Gasteiger partial charge >= 0.3 is 23.9 Å². The van der Waals surface area contributed by atoms with Gasteiger partial charge in [-0.3, -0.25) is 0 Å². The molecule has 0 saturated carbocycles. The van der Waals surface area contributed by atoms with Crippen LogP contribution in [-0.2, 0) is 16.0 Å². The molecule has 0 fully saturated rings. The molecule has 20 heavy (non-hydrogen) atoms. The van der Waals surface area contributed by atoms with Gasteiger partial charge in [-0.05, 0) is 11.4 Å². The van der Waals surface area contributed by atoms with Crippen molar-refractivity contribution in [3.05, 3.63) is 22.4 Å². The summed E-state index contributed by atoms with van der Waals surface area (Å²) in [4.78, 5) is 11.6. The molecule has 0 bridgehead atoms. The van der Waals surface area contributed by atoms with Gasteiger partial charge in [-0.15, -0.1) is 11.3 Å². The van der Waals surface area contributed by atoms with Crippen molar-refractivity contribution in [2.75, 3.05) is 6.61 Å². The number of ether oxygens (including phenoxy) is 1. The molecule has 1 rings (SSSR count). The van der Waals surface area contributed by atoms with Crippen molar-refractivity contribution in [1.82, 2.24) is 0 Å². The number of carbonyl (C=O) groups excluding carboxylic acids is 1. The molecule has 0 aromatic carbocycles. The Kier molecular flexibility index (Phi) is 4.70. The van der Waals surface area contributed by atoms with Crippen molar-refractivity contribution >= 4 is 17.3 Å². The predicted octanol–water partition coefficient (Wildman–Crippen LogP) is 2.69. The zero-order valence-corrected chi connectivity index (χ0v) is 10.4. The molecular weight excluding hydrogens is 314 g/mol. The Hall–Kier alpha value is -1.29. The Labute approximate surface area is 112 Å². The van der Waals surface area contributed by atoms with Crippen LogP contribution in [0.1, 0.15) is 4.88 Å². The third-order valence-corrected chi connectivity index (χ3v) is 3.21. The second-order valence-corrected chi connectivity index (χ2v) is 4.70. The molecule has 1 aromatic rings. The number of carbonyl (C=O) groups is 1. The van der Waals surface area contributed by atoms with E-state index in [4.69, 9.17) is 5.11 Å². The van der Waals surface area contributed by atoms with Crippen LogP contribution in [0.25, 0.3) is 0 Å². The Bertz CT molecular complexity index is 437. The summed E-state index contributed by atoms with van der Waals surface area (Å²) in [5.41, 5.74) is -5.52. The molecule has 0 amide bonds. The minimum Gasteiger partial charge on any atom is -0.463 e. The summed E-state index contributed by atoms with van der Waals surface area (Å²) in [6, 6.07) is 3.18. The Balaban J connectivity index is 2.75. The van der Waals surface area contributed by atoms with Crippen LogP contribution in [0.2, 0.25) is 0 Å². The van der Waals surface area contributed by atoms with Crippen LogP contribution in [0.3, 0.4) is 0 Å². The molecule has 0 atom stereocenters. The van der Waals surface area contributed by atoms with E-state index in [2.05, 4.69) is 4.74 Å². The average molecular weight is 322 g/mol. The Morgan fingerprint density at radius 2 is 1.75 bits per heavy atom. The lowest BCUT2D eigenvalue weighted by molar-refractivity contribution is -0.356. The number of halogens is 6. The smallest absolute Gasteiger partial charge is 0.437 e. The van der Waals surface area contributed by atoms with Crippen LogP contribution < -0.4 is 0 Å². The zero-order chi connectivity index (χ0) is 15.6. The molecule has 0 aliphatic rings. The van der Waals surface area contributed by atoms with E-state index in [0.29, 0.717) is 4.88 Å². The molecule has 1 aromatic heterocycles. The molecule has 0 radical (unpaired) electrons. The topological polar surface area (TPSA) is 46.5 Å². The highest BCUT2D eigenvalue weighted by molar-refractivity contribution is 7.09. The molecular formula is C10H8F6O3S. The summed E-state index contributed by atoms with van der Waals surface area (Å²) in [5.74, 6) is -2.78. The number of alkyl halides is 6. The molecule has 0 aliphatic heterocycles. The van der Waals surface area contributed by atoms with Gasteiger partial charge in [0.05, 0.1) is 6.61 Å². The van der Waals surface area contributed by atoms with E-state index in [9.17, 15) is 31.1 Å². The summed E-state index contributed by atoms with van der Waals surface area (Å²) in [7, 11) is 0. The highest BCUT2D eigenvalue weighted by Crippen LogP contribution is 2.43. The number of aliphatic hydroxyl groups is 1. The lowest BCUT2D eigenvalue weighted by Gasteiger charge is -2.29. The van der Waals surface area contributed by atoms with Crippen molar-refractivity contribution in [2.24, 2.45) is 0 Å². The fraction of sp³-hybridized carbons (Fsp3) is 0.500. The first-order chi connectivity index (χ1) is 9.00. The van der Waals surface area contributed by atoms with Crippen LogP contribution in [0.15, 0.2) is 17.5 Å². The largest absolute Gasteiger partial charge is 0.463 e. The SMILES string of the molecule is O=C(OCCc1cccs1)C(O)(C(F)(F)F)C(F)(F)F. The highest BCUT2D eigenvalue weighted by atomic mass is 32.1. The predicted molar refractivity (Wildman–Crippen MR) is 56.0 cm³/mol. The zero-order valence-electron chi connectivity index (χ0n) is 9.59. The molecule has 0 spiro atoms. The molecule has 114 valence electrons. The van der Waals surface area contributed by atoms with Crippen molar-refractivity contribution in [1.29, 1.82) is 0 Å². The van der Waals surface area contributed by atoms with Gasteiger partial charge in [-0.25, -0.2) is 4.79 Å². The molecule has 0 aliphatic carbocycles. The van der Waals surface area contributed by atoms with E-state index in [-0.39, 0.29) is 6.42 Å². The van der Waals surface area contributed by atoms with Gasteiger partial charge in [0.25, 0.3) is 0 Å². The summed E-state index contributed by atoms with van der Waals surface area (Å²) >= 11 is 1.19. The number of esters is 1. The normalized spacial score (nSPS) is 13.3. The first kappa shape index (κ1) is 16.8. The maximum atomic E-state index is 12.3. The third kappa shape index (κ3) is 3.23. The van der Waals surface area contributed by atoms with Crippen LogP contribution in [0, 0.1) is 0 Å². The lowest BCUT2D eigenvalue weighted by atomic mass is 10.0. The number of hydrogen-bond donors (Lipinski definition) is 1. The van der Waals surface area contributed by atoms with Crippen molar-refractivity contribution in [3.63, 3.8) is 0 Å². The monoisotopic (exact) mass is 322 g/mol. The third-order valence-electron chi connectivity index (χ3n) is 2.28. The second kappa shape index (κ2) is 5.60. The lowest BCUT2D eigenvalue weighted by Crippen LogP contribution is -2.63. The Morgan fingerprint density at radius 3 is 2.15 bits per heavy atom. The van der Waals surface area contributed by atoms with Gasteiger partial charge in [0, 0.05) is 11.3 Å². The summed E-state index contributed by atoms with van der Waals surface area (Å²) < 4.78 is 77.6. The molecule has 1 N–H and O–H groups in total. The van der Waals surface area contributed by atoms with E-state index in [1.165, 1.54) is 11.3 Å². The molecule has 1 heterocycles. The van der Waals surface area contributed by atoms with E-state index in [1.807, 2.05) is 0 Å². The molecule has 3 nitrogen and oxygen atoms in total. The number of hydrogen-bond acceptors (Lipinski definition) is 4. The number of thiophene rings is 1. The van der Waals surface area contributed by atoms with Crippen LogP contribution in [0.5, 0.6) is 0 Å². The highest BCUT2D eigenvalue weighted by Gasteiger charge is 2.76. The van der Waals surface area contributed by atoms with E-state index in [0.717, 1.165) is 0 Å². The van der Waals surface area contributed by atoms with Crippen LogP contribution in [-0.4, -0.2) is 35.6 Å². The van der Waals surface area contributed by atoms with Gasteiger partial charge in [0.15, 0.2) is 0 Å². The summed E-state index contributed by atoms with van der Waals surface area (Å²) in [6.45, 7) is -0.701. The summed E-state index contributed by atoms with van der Waals surface area (Å²) in [6.07, 6.45) is -12.5. The first-order valence-electron chi connectivity index (χ1n) is 5.05. The summed E-state index contributed by atoms with van der Waals surface area (Å²) in [5, 5.41) is 10.3. The second-order valence-electron chi connectivity index (χ2n) is 3.67. The minimum absolute atomic E-state index is 0.0464. The fourth-order valence-corrected chi connectivity index (χ4v) is 1.89. The first-order valence-corrected chi connectivity index (χ1v) is 5.93. The maximum Gasteiger partial charge on any atom is 0.437 e. The standard InChI is InChI=1S/C10H8F6O3S/c11-9(12,13)8(18,10(14,15)16)7(17)19-4-3-6-2-1-5-20-6/h1-2,5,18H,3-4H2. The van der Waals surface area contributed by atoms with E-state index >= 15 is 0 Å². The van der Waals surface area contributed by atoms with Gasteiger partial charge < -0.3 is 9.84 Å².